The number of carboxylic acids is 1. The summed E-state index contributed by atoms with van der Waals surface area (Å²) >= 11 is 0. The van der Waals surface area contributed by atoms with Crippen LogP contribution in [-0.4, -0.2) is 45.5 Å². The minimum atomic E-state index is -3.34. The largest absolute Gasteiger partial charge is 0.481 e. The molecule has 0 atom stereocenters. The van der Waals surface area contributed by atoms with Crippen LogP contribution < -0.4 is 4.72 Å². The second-order valence-electron chi connectivity index (χ2n) is 2.70. The second kappa shape index (κ2) is 6.74. The number of hydrogen-bond donors (Lipinski definition) is 2. The molecule has 0 saturated heterocycles. The van der Waals surface area contributed by atoms with Crippen molar-refractivity contribution >= 4 is 16.0 Å². The molecule has 0 aliphatic carbocycles. The number of nitrogens with one attached hydrogen (secondary N) is 1. The Morgan fingerprint density at radius 2 is 2.14 bits per heavy atom. The van der Waals surface area contributed by atoms with Crippen LogP contribution in [0.5, 0.6) is 0 Å². The average Bonchev–Trinajstić information content (AvgIpc) is 2.03. The van der Waals surface area contributed by atoms with Crippen LogP contribution >= 0.6 is 0 Å². The van der Waals surface area contributed by atoms with Gasteiger partial charge in [0, 0.05) is 20.1 Å². The molecule has 7 heteroatoms. The van der Waals surface area contributed by atoms with E-state index >= 15 is 0 Å². The smallest absolute Gasteiger partial charge is 0.303 e. The molecule has 0 aliphatic rings. The SMILES string of the molecule is COCCNS(=O)(=O)CCCC(=O)O. The predicted molar refractivity (Wildman–Crippen MR) is 50.5 cm³/mol. The lowest BCUT2D eigenvalue weighted by molar-refractivity contribution is -0.137. The van der Waals surface area contributed by atoms with E-state index < -0.39 is 16.0 Å². The number of aliphatic carboxylic acids is 1. The fraction of sp³-hybridized carbons (Fsp3) is 0.857. The Hall–Kier alpha value is -0.660. The van der Waals surface area contributed by atoms with Crippen LogP contribution in [0.3, 0.4) is 0 Å². The molecule has 0 spiro atoms. The number of carboxylic acid groups (broad SMARTS) is 1. The third-order valence-corrected chi connectivity index (χ3v) is 2.90. The van der Waals surface area contributed by atoms with Gasteiger partial charge in [0.1, 0.15) is 0 Å². The Morgan fingerprint density at radius 1 is 1.50 bits per heavy atom. The van der Waals surface area contributed by atoms with Gasteiger partial charge in [0.2, 0.25) is 10.0 Å². The minimum Gasteiger partial charge on any atom is -0.481 e. The molecule has 14 heavy (non-hydrogen) atoms. The third-order valence-electron chi connectivity index (χ3n) is 1.43. The Kier molecular flexibility index (Phi) is 6.43. The topological polar surface area (TPSA) is 92.7 Å². The maximum Gasteiger partial charge on any atom is 0.303 e. The molecule has 0 saturated carbocycles. The molecule has 0 unspecified atom stereocenters. The van der Waals surface area contributed by atoms with Gasteiger partial charge in [-0.3, -0.25) is 4.79 Å². The Balaban J connectivity index is 3.67. The molecular weight excluding hydrogens is 210 g/mol. The van der Waals surface area contributed by atoms with E-state index in [-0.39, 0.29) is 25.1 Å². The van der Waals surface area contributed by atoms with E-state index in [2.05, 4.69) is 9.46 Å². The molecule has 0 rings (SSSR count). The lowest BCUT2D eigenvalue weighted by Gasteiger charge is -2.04. The van der Waals surface area contributed by atoms with Gasteiger partial charge in [-0.05, 0) is 6.42 Å². The molecule has 0 radical (unpaired) electrons. The summed E-state index contributed by atoms with van der Waals surface area (Å²) in [6, 6.07) is 0. The van der Waals surface area contributed by atoms with Crippen molar-refractivity contribution in [2.24, 2.45) is 0 Å². The molecule has 0 aromatic heterocycles. The van der Waals surface area contributed by atoms with Gasteiger partial charge in [0.25, 0.3) is 0 Å². The third kappa shape index (κ3) is 7.96. The van der Waals surface area contributed by atoms with Crippen molar-refractivity contribution in [3.63, 3.8) is 0 Å². The van der Waals surface area contributed by atoms with Crippen molar-refractivity contribution in [1.82, 2.24) is 4.72 Å². The van der Waals surface area contributed by atoms with Crippen LogP contribution in [0.1, 0.15) is 12.8 Å². The number of hydrogen-bond acceptors (Lipinski definition) is 4. The summed E-state index contributed by atoms with van der Waals surface area (Å²) in [7, 11) is -1.87. The predicted octanol–water partition coefficient (Wildman–Crippen LogP) is -0.583. The molecule has 0 amide bonds. The van der Waals surface area contributed by atoms with E-state index in [4.69, 9.17) is 5.11 Å². The van der Waals surface area contributed by atoms with Crippen LogP contribution in [0, 0.1) is 0 Å². The molecule has 0 fully saturated rings. The lowest BCUT2D eigenvalue weighted by Crippen LogP contribution is -2.29. The molecule has 0 bridgehead atoms. The van der Waals surface area contributed by atoms with Crippen molar-refractivity contribution in [2.75, 3.05) is 26.0 Å². The molecule has 2 N–H and O–H groups in total. The highest BCUT2D eigenvalue weighted by Gasteiger charge is 2.09. The van der Waals surface area contributed by atoms with E-state index in [1.54, 1.807) is 0 Å². The quantitative estimate of drug-likeness (QED) is 0.539. The van der Waals surface area contributed by atoms with Crippen LogP contribution in [0.25, 0.3) is 0 Å². The van der Waals surface area contributed by atoms with Gasteiger partial charge in [-0.25, -0.2) is 13.1 Å². The highest BCUT2D eigenvalue weighted by atomic mass is 32.2. The zero-order chi connectivity index (χ0) is 11.0. The van der Waals surface area contributed by atoms with Gasteiger partial charge < -0.3 is 9.84 Å². The molecule has 0 heterocycles. The van der Waals surface area contributed by atoms with Gasteiger partial charge in [-0.1, -0.05) is 0 Å². The summed E-state index contributed by atoms with van der Waals surface area (Å²) in [6.07, 6.45) is -0.0111. The van der Waals surface area contributed by atoms with Gasteiger partial charge in [-0.2, -0.15) is 0 Å². The van der Waals surface area contributed by atoms with Crippen molar-refractivity contribution < 1.29 is 23.1 Å². The van der Waals surface area contributed by atoms with Gasteiger partial charge in [0.05, 0.1) is 12.4 Å². The van der Waals surface area contributed by atoms with Crippen LogP contribution in [-0.2, 0) is 19.6 Å². The van der Waals surface area contributed by atoms with E-state index in [1.165, 1.54) is 7.11 Å². The summed E-state index contributed by atoms with van der Waals surface area (Å²) in [5.41, 5.74) is 0. The highest BCUT2D eigenvalue weighted by Crippen LogP contribution is 1.94. The number of ether oxygens (including phenoxy) is 1. The summed E-state index contributed by atoms with van der Waals surface area (Å²) in [6.45, 7) is 0.518. The zero-order valence-corrected chi connectivity index (χ0v) is 8.84. The molecule has 0 aromatic rings. The standard InChI is InChI=1S/C7H15NO5S/c1-13-5-4-8-14(11,12)6-2-3-7(9)10/h8H,2-6H2,1H3,(H,9,10). The average molecular weight is 225 g/mol. The first kappa shape index (κ1) is 13.3. The van der Waals surface area contributed by atoms with E-state index in [1.807, 2.05) is 0 Å². The molecule has 84 valence electrons. The van der Waals surface area contributed by atoms with Crippen molar-refractivity contribution in [3.8, 4) is 0 Å². The Labute approximate surface area is 83.3 Å². The number of rotatable bonds is 8. The van der Waals surface area contributed by atoms with Crippen molar-refractivity contribution in [2.45, 2.75) is 12.8 Å². The fourth-order valence-electron chi connectivity index (χ4n) is 0.785. The van der Waals surface area contributed by atoms with Gasteiger partial charge in [0.15, 0.2) is 0 Å². The molecule has 0 aliphatic heterocycles. The maximum absolute atomic E-state index is 11.1. The first-order valence-electron chi connectivity index (χ1n) is 4.16. The van der Waals surface area contributed by atoms with E-state index in [0.29, 0.717) is 6.61 Å². The van der Waals surface area contributed by atoms with Crippen molar-refractivity contribution in [1.29, 1.82) is 0 Å². The summed E-state index contributed by atoms with van der Waals surface area (Å²) in [4.78, 5) is 10.1. The summed E-state index contributed by atoms with van der Waals surface area (Å²) in [5.74, 6) is -1.15. The molecular formula is C7H15NO5S. The van der Waals surface area contributed by atoms with Crippen LogP contribution in [0.4, 0.5) is 0 Å². The van der Waals surface area contributed by atoms with Gasteiger partial charge >= 0.3 is 5.97 Å². The summed E-state index contributed by atoms with van der Waals surface area (Å²) < 4.78 is 29.2. The molecule has 6 nitrogen and oxygen atoms in total. The summed E-state index contributed by atoms with van der Waals surface area (Å²) in [5, 5.41) is 8.29. The van der Waals surface area contributed by atoms with Crippen LogP contribution in [0.2, 0.25) is 0 Å². The molecule has 0 aromatic carbocycles. The highest BCUT2D eigenvalue weighted by molar-refractivity contribution is 7.89. The Morgan fingerprint density at radius 3 is 2.64 bits per heavy atom. The first-order valence-corrected chi connectivity index (χ1v) is 5.81. The van der Waals surface area contributed by atoms with Crippen molar-refractivity contribution in [3.05, 3.63) is 0 Å². The number of sulfonamides is 1. The minimum absolute atomic E-state index is 0.123. The van der Waals surface area contributed by atoms with Crippen LogP contribution in [0.15, 0.2) is 0 Å². The Bertz CT molecular complexity index is 261. The second-order valence-corrected chi connectivity index (χ2v) is 4.63. The van der Waals surface area contributed by atoms with E-state index in [0.717, 1.165) is 0 Å². The first-order chi connectivity index (χ1) is 6.48. The number of methoxy groups -OCH3 is 1. The number of carbonyl (C=O) groups is 1. The lowest BCUT2D eigenvalue weighted by atomic mass is 10.3. The normalized spacial score (nSPS) is 11.5. The maximum atomic E-state index is 11.1. The van der Waals surface area contributed by atoms with E-state index in [9.17, 15) is 13.2 Å². The van der Waals surface area contributed by atoms with Gasteiger partial charge in [-0.15, -0.1) is 0 Å². The fourth-order valence-corrected chi connectivity index (χ4v) is 1.85. The monoisotopic (exact) mass is 225 g/mol. The zero-order valence-electron chi connectivity index (χ0n) is 8.02.